The third-order valence-electron chi connectivity index (χ3n) is 5.38. The molecule has 0 amide bonds. The molecule has 5 rings (SSSR count). The standard InChI is InChI=1S/C19H21N3S2/c1-2-6-13-15(8-3-1)24-19-17(13)18(20-12-21-19)22-10-4-7-14(22)16-9-5-11-23-16/h5,9,11-12,14H,1-4,6-8,10H2/t14-/m1/s1. The van der Waals surface area contributed by atoms with Crippen molar-refractivity contribution in [1.82, 2.24) is 9.97 Å². The number of hydrogen-bond donors (Lipinski definition) is 0. The van der Waals surface area contributed by atoms with Crippen LogP contribution in [0, 0.1) is 0 Å². The van der Waals surface area contributed by atoms with Crippen LogP contribution in [0.5, 0.6) is 0 Å². The lowest BCUT2D eigenvalue weighted by molar-refractivity contribution is 0.712. The first-order chi connectivity index (χ1) is 11.9. The van der Waals surface area contributed by atoms with Crippen molar-refractivity contribution in [2.45, 2.75) is 51.0 Å². The van der Waals surface area contributed by atoms with Crippen molar-refractivity contribution in [3.8, 4) is 0 Å². The van der Waals surface area contributed by atoms with E-state index in [1.165, 1.54) is 65.9 Å². The molecule has 1 aliphatic heterocycles. The quantitative estimate of drug-likeness (QED) is 0.579. The fraction of sp³-hybridized carbons (Fsp3) is 0.474. The summed E-state index contributed by atoms with van der Waals surface area (Å²) >= 11 is 3.79. The maximum Gasteiger partial charge on any atom is 0.141 e. The zero-order valence-electron chi connectivity index (χ0n) is 13.7. The van der Waals surface area contributed by atoms with Crippen molar-refractivity contribution in [2.24, 2.45) is 0 Å². The molecule has 5 heteroatoms. The first kappa shape index (κ1) is 14.8. The highest BCUT2D eigenvalue weighted by Gasteiger charge is 2.31. The minimum Gasteiger partial charge on any atom is -0.348 e. The van der Waals surface area contributed by atoms with Gasteiger partial charge in [-0.2, -0.15) is 0 Å². The van der Waals surface area contributed by atoms with Crippen molar-refractivity contribution < 1.29 is 0 Å². The second kappa shape index (κ2) is 6.12. The van der Waals surface area contributed by atoms with Gasteiger partial charge < -0.3 is 4.90 Å². The molecular formula is C19H21N3S2. The molecule has 0 spiro atoms. The molecule has 0 radical (unpaired) electrons. The molecule has 0 bridgehead atoms. The Hall–Kier alpha value is -1.46. The molecule has 124 valence electrons. The average Bonchev–Trinajstić information content (AvgIpc) is 3.31. The van der Waals surface area contributed by atoms with E-state index in [2.05, 4.69) is 27.4 Å². The summed E-state index contributed by atoms with van der Waals surface area (Å²) in [4.78, 5) is 16.2. The number of thiophene rings is 2. The van der Waals surface area contributed by atoms with Crippen LogP contribution >= 0.6 is 22.7 Å². The van der Waals surface area contributed by atoms with E-state index in [0.29, 0.717) is 6.04 Å². The molecule has 4 heterocycles. The highest BCUT2D eigenvalue weighted by Crippen LogP contribution is 2.43. The summed E-state index contributed by atoms with van der Waals surface area (Å²) in [5.74, 6) is 1.19. The fourth-order valence-electron chi connectivity index (χ4n) is 4.26. The van der Waals surface area contributed by atoms with Gasteiger partial charge in [0.25, 0.3) is 0 Å². The van der Waals surface area contributed by atoms with E-state index in [-0.39, 0.29) is 0 Å². The highest BCUT2D eigenvalue weighted by molar-refractivity contribution is 7.19. The van der Waals surface area contributed by atoms with Gasteiger partial charge in [-0.15, -0.1) is 22.7 Å². The smallest absolute Gasteiger partial charge is 0.141 e. The zero-order chi connectivity index (χ0) is 15.9. The molecule has 3 aromatic heterocycles. The molecule has 0 aromatic carbocycles. The number of anilines is 1. The van der Waals surface area contributed by atoms with Gasteiger partial charge in [0, 0.05) is 16.3 Å². The van der Waals surface area contributed by atoms with Gasteiger partial charge in [-0.1, -0.05) is 12.5 Å². The van der Waals surface area contributed by atoms with Gasteiger partial charge in [0.05, 0.1) is 11.4 Å². The average molecular weight is 356 g/mol. The summed E-state index contributed by atoms with van der Waals surface area (Å²) in [5.41, 5.74) is 1.56. The van der Waals surface area contributed by atoms with E-state index in [9.17, 15) is 0 Å². The third-order valence-corrected chi connectivity index (χ3v) is 7.55. The van der Waals surface area contributed by atoms with Crippen LogP contribution < -0.4 is 4.90 Å². The summed E-state index contributed by atoms with van der Waals surface area (Å²) in [6, 6.07) is 4.94. The summed E-state index contributed by atoms with van der Waals surface area (Å²) in [5, 5.41) is 3.56. The number of fused-ring (bicyclic) bond motifs is 3. The molecule has 3 aromatic rings. The van der Waals surface area contributed by atoms with Gasteiger partial charge in [-0.05, 0) is 55.5 Å². The zero-order valence-corrected chi connectivity index (χ0v) is 15.3. The van der Waals surface area contributed by atoms with Gasteiger partial charge in [-0.25, -0.2) is 9.97 Å². The monoisotopic (exact) mass is 355 g/mol. The summed E-state index contributed by atoms with van der Waals surface area (Å²) < 4.78 is 0. The second-order valence-corrected chi connectivity index (χ2v) is 8.87. The molecule has 24 heavy (non-hydrogen) atoms. The molecule has 1 atom stereocenters. The number of nitrogens with zero attached hydrogens (tertiary/aromatic N) is 3. The lowest BCUT2D eigenvalue weighted by Gasteiger charge is -2.25. The van der Waals surface area contributed by atoms with E-state index < -0.39 is 0 Å². The first-order valence-corrected chi connectivity index (χ1v) is 10.7. The van der Waals surface area contributed by atoms with Gasteiger partial charge in [-0.3, -0.25) is 0 Å². The Morgan fingerprint density at radius 1 is 1.08 bits per heavy atom. The number of hydrogen-bond acceptors (Lipinski definition) is 5. The van der Waals surface area contributed by atoms with Gasteiger partial charge >= 0.3 is 0 Å². The van der Waals surface area contributed by atoms with Crippen LogP contribution in [0.4, 0.5) is 5.82 Å². The Bertz CT molecular complexity index is 853. The van der Waals surface area contributed by atoms with Crippen molar-refractivity contribution in [3.63, 3.8) is 0 Å². The van der Waals surface area contributed by atoms with Gasteiger partial charge in [0.15, 0.2) is 0 Å². The maximum atomic E-state index is 4.79. The Balaban J connectivity index is 1.65. The van der Waals surface area contributed by atoms with Crippen LogP contribution in [0.1, 0.15) is 53.5 Å². The first-order valence-electron chi connectivity index (χ1n) is 8.97. The van der Waals surface area contributed by atoms with E-state index in [1.54, 1.807) is 16.8 Å². The predicted molar refractivity (Wildman–Crippen MR) is 102 cm³/mol. The molecular weight excluding hydrogens is 334 g/mol. The van der Waals surface area contributed by atoms with Crippen molar-refractivity contribution in [3.05, 3.63) is 39.2 Å². The van der Waals surface area contributed by atoms with E-state index in [1.807, 2.05) is 22.7 Å². The van der Waals surface area contributed by atoms with Crippen LogP contribution in [0.25, 0.3) is 10.2 Å². The van der Waals surface area contributed by atoms with Crippen LogP contribution in [-0.4, -0.2) is 16.5 Å². The Kier molecular flexibility index (Phi) is 3.78. The lowest BCUT2D eigenvalue weighted by Crippen LogP contribution is -2.23. The number of aryl methyl sites for hydroxylation is 2. The van der Waals surface area contributed by atoms with Crippen LogP contribution in [-0.2, 0) is 12.8 Å². The third kappa shape index (κ3) is 2.37. The number of aromatic nitrogens is 2. The topological polar surface area (TPSA) is 29.0 Å². The summed E-state index contributed by atoms with van der Waals surface area (Å²) in [6.07, 6.45) is 10.7. The Labute approximate surface area is 150 Å². The van der Waals surface area contributed by atoms with E-state index >= 15 is 0 Å². The van der Waals surface area contributed by atoms with Crippen LogP contribution in [0.2, 0.25) is 0 Å². The molecule has 0 unspecified atom stereocenters. The largest absolute Gasteiger partial charge is 0.348 e. The highest BCUT2D eigenvalue weighted by atomic mass is 32.1. The molecule has 0 saturated carbocycles. The van der Waals surface area contributed by atoms with Gasteiger partial charge in [0.1, 0.15) is 17.0 Å². The Morgan fingerprint density at radius 3 is 2.96 bits per heavy atom. The minimum atomic E-state index is 0.490. The summed E-state index contributed by atoms with van der Waals surface area (Å²) in [7, 11) is 0. The molecule has 1 aliphatic carbocycles. The molecule has 0 N–H and O–H groups in total. The minimum absolute atomic E-state index is 0.490. The second-order valence-electron chi connectivity index (χ2n) is 6.81. The number of rotatable bonds is 2. The molecule has 3 nitrogen and oxygen atoms in total. The molecule has 1 saturated heterocycles. The van der Waals surface area contributed by atoms with E-state index in [0.717, 1.165) is 6.54 Å². The lowest BCUT2D eigenvalue weighted by atomic mass is 10.1. The summed E-state index contributed by atoms with van der Waals surface area (Å²) in [6.45, 7) is 1.11. The molecule has 1 fully saturated rings. The van der Waals surface area contributed by atoms with Crippen LogP contribution in [0.3, 0.4) is 0 Å². The van der Waals surface area contributed by atoms with Crippen LogP contribution in [0.15, 0.2) is 23.8 Å². The predicted octanol–water partition coefficient (Wildman–Crippen LogP) is 5.36. The maximum absolute atomic E-state index is 4.79. The Morgan fingerprint density at radius 2 is 2.04 bits per heavy atom. The van der Waals surface area contributed by atoms with E-state index in [4.69, 9.17) is 4.98 Å². The fourth-order valence-corrected chi connectivity index (χ4v) is 6.36. The van der Waals surface area contributed by atoms with Crippen molar-refractivity contribution in [2.75, 3.05) is 11.4 Å². The van der Waals surface area contributed by atoms with Crippen molar-refractivity contribution >= 4 is 38.7 Å². The van der Waals surface area contributed by atoms with Gasteiger partial charge in [0.2, 0.25) is 0 Å². The molecule has 2 aliphatic rings. The normalized spacial score (nSPS) is 21.2. The van der Waals surface area contributed by atoms with Crippen molar-refractivity contribution in [1.29, 1.82) is 0 Å². The SMILES string of the molecule is c1csc([C@H]2CCCN2c2ncnc3sc4c(c23)CCCCC4)c1.